The molecule has 0 N–H and O–H groups in total. The van der Waals surface area contributed by atoms with Gasteiger partial charge in [-0.15, -0.1) is 0 Å². The number of carbonyl (C=O) groups excluding carboxylic acids is 1. The lowest BCUT2D eigenvalue weighted by molar-refractivity contribution is -0.137. The Hall–Kier alpha value is -2.30. The molecule has 0 aliphatic carbocycles. The van der Waals surface area contributed by atoms with Crippen LogP contribution in [-0.2, 0) is 6.18 Å². The molecule has 2 aromatic rings. The van der Waals surface area contributed by atoms with Crippen molar-refractivity contribution in [1.82, 2.24) is 0 Å². The van der Waals surface area contributed by atoms with Crippen LogP contribution in [0.1, 0.15) is 15.9 Å². The highest BCUT2D eigenvalue weighted by Gasteiger charge is 2.30. The summed E-state index contributed by atoms with van der Waals surface area (Å²) in [6, 6.07) is 9.55. The molecule has 5 heteroatoms. The normalized spacial score (nSPS) is 11.2. The predicted molar refractivity (Wildman–Crippen MR) is 68.8 cm³/mol. The van der Waals surface area contributed by atoms with Gasteiger partial charge in [-0.25, -0.2) is 0 Å². The molecule has 0 heterocycles. The summed E-state index contributed by atoms with van der Waals surface area (Å²) in [5.74, 6) is 0.355. The van der Waals surface area contributed by atoms with Crippen molar-refractivity contribution in [3.05, 3.63) is 53.6 Å². The van der Waals surface area contributed by atoms with E-state index in [0.717, 1.165) is 12.1 Å². The number of methoxy groups -OCH3 is 1. The van der Waals surface area contributed by atoms with E-state index in [9.17, 15) is 18.0 Å². The van der Waals surface area contributed by atoms with Crippen molar-refractivity contribution in [3.63, 3.8) is 0 Å². The van der Waals surface area contributed by atoms with E-state index in [1.54, 1.807) is 12.1 Å². The number of benzene rings is 2. The number of hydrogen-bond donors (Lipinski definition) is 0. The van der Waals surface area contributed by atoms with E-state index in [2.05, 4.69) is 0 Å². The molecule has 0 saturated carbocycles. The van der Waals surface area contributed by atoms with Crippen molar-refractivity contribution < 1.29 is 22.7 Å². The van der Waals surface area contributed by atoms with Crippen LogP contribution in [0.3, 0.4) is 0 Å². The van der Waals surface area contributed by atoms with Crippen LogP contribution in [0.4, 0.5) is 13.2 Å². The van der Waals surface area contributed by atoms with Crippen LogP contribution >= 0.6 is 0 Å². The number of carbonyl (C=O) groups is 1. The zero-order valence-electron chi connectivity index (χ0n) is 10.6. The zero-order valence-corrected chi connectivity index (χ0v) is 10.6. The molecule has 0 spiro atoms. The average molecular weight is 280 g/mol. The number of hydrogen-bond acceptors (Lipinski definition) is 2. The zero-order chi connectivity index (χ0) is 14.8. The molecule has 104 valence electrons. The van der Waals surface area contributed by atoms with Crippen molar-refractivity contribution in [3.8, 4) is 16.9 Å². The molecule has 0 saturated heterocycles. The topological polar surface area (TPSA) is 26.3 Å². The van der Waals surface area contributed by atoms with Crippen LogP contribution in [0, 0.1) is 0 Å². The first-order chi connectivity index (χ1) is 9.47. The lowest BCUT2D eigenvalue weighted by Crippen LogP contribution is -2.05. The lowest BCUT2D eigenvalue weighted by Gasteiger charge is -2.13. The van der Waals surface area contributed by atoms with Gasteiger partial charge in [0.15, 0.2) is 6.29 Å². The SMILES string of the molecule is COc1cccc(C=O)c1-c1cccc(C(F)(F)F)c1. The van der Waals surface area contributed by atoms with E-state index < -0.39 is 11.7 Å². The summed E-state index contributed by atoms with van der Waals surface area (Å²) in [5.41, 5.74) is 0.164. The average Bonchev–Trinajstić information content (AvgIpc) is 2.45. The lowest BCUT2D eigenvalue weighted by atomic mass is 9.97. The number of halogens is 3. The predicted octanol–water partition coefficient (Wildman–Crippen LogP) is 4.19. The van der Waals surface area contributed by atoms with Crippen molar-refractivity contribution in [2.75, 3.05) is 7.11 Å². The van der Waals surface area contributed by atoms with Crippen LogP contribution < -0.4 is 4.74 Å². The van der Waals surface area contributed by atoms with Crippen molar-refractivity contribution in [1.29, 1.82) is 0 Å². The van der Waals surface area contributed by atoms with Gasteiger partial charge in [0.05, 0.1) is 12.7 Å². The van der Waals surface area contributed by atoms with Crippen LogP contribution in [-0.4, -0.2) is 13.4 Å². The van der Waals surface area contributed by atoms with Crippen molar-refractivity contribution in [2.45, 2.75) is 6.18 Å². The van der Waals surface area contributed by atoms with E-state index in [4.69, 9.17) is 4.74 Å². The minimum atomic E-state index is -4.43. The van der Waals surface area contributed by atoms with Gasteiger partial charge in [0.2, 0.25) is 0 Å². The molecule has 0 aliphatic rings. The first-order valence-electron chi connectivity index (χ1n) is 5.77. The molecule has 0 amide bonds. The Balaban J connectivity index is 2.65. The fraction of sp³-hybridized carbons (Fsp3) is 0.133. The summed E-state index contributed by atoms with van der Waals surface area (Å²) < 4.78 is 43.4. The number of rotatable bonds is 3. The van der Waals surface area contributed by atoms with Gasteiger partial charge >= 0.3 is 6.18 Å². The van der Waals surface area contributed by atoms with Gasteiger partial charge in [-0.2, -0.15) is 13.2 Å². The Morgan fingerprint density at radius 2 is 1.80 bits per heavy atom. The third-order valence-corrected chi connectivity index (χ3v) is 2.88. The van der Waals surface area contributed by atoms with E-state index >= 15 is 0 Å². The van der Waals surface area contributed by atoms with E-state index in [0.29, 0.717) is 23.2 Å². The maximum atomic E-state index is 12.7. The van der Waals surface area contributed by atoms with Gasteiger partial charge in [0.25, 0.3) is 0 Å². The number of aldehydes is 1. The molecule has 0 aliphatic heterocycles. The smallest absolute Gasteiger partial charge is 0.416 e. The second kappa shape index (κ2) is 5.36. The largest absolute Gasteiger partial charge is 0.496 e. The molecule has 0 atom stereocenters. The summed E-state index contributed by atoms with van der Waals surface area (Å²) >= 11 is 0. The third kappa shape index (κ3) is 2.66. The quantitative estimate of drug-likeness (QED) is 0.788. The standard InChI is InChI=1S/C15H11F3O2/c1-20-13-7-3-5-11(9-19)14(13)10-4-2-6-12(8-10)15(16,17)18/h2-9H,1H3. The highest BCUT2D eigenvalue weighted by molar-refractivity contribution is 5.90. The van der Waals surface area contributed by atoms with Crippen LogP contribution in [0.5, 0.6) is 5.75 Å². The molecule has 2 nitrogen and oxygen atoms in total. The molecule has 0 unspecified atom stereocenters. The Bertz CT molecular complexity index is 633. The summed E-state index contributed by atoms with van der Waals surface area (Å²) in [6.45, 7) is 0. The number of alkyl halides is 3. The van der Waals surface area contributed by atoms with Gasteiger partial charge in [-0.1, -0.05) is 24.3 Å². The summed E-state index contributed by atoms with van der Waals surface area (Å²) in [6.07, 6.45) is -3.84. The Labute approximate surface area is 113 Å². The second-order valence-corrected chi connectivity index (χ2v) is 4.12. The molecule has 20 heavy (non-hydrogen) atoms. The van der Waals surface area contributed by atoms with Crippen LogP contribution in [0.2, 0.25) is 0 Å². The van der Waals surface area contributed by atoms with Gasteiger partial charge in [-0.3, -0.25) is 4.79 Å². The fourth-order valence-electron chi connectivity index (χ4n) is 1.98. The minimum absolute atomic E-state index is 0.281. The van der Waals surface area contributed by atoms with Gasteiger partial charge in [-0.05, 0) is 23.8 Å². The molecule has 0 radical (unpaired) electrons. The Morgan fingerprint density at radius 1 is 1.10 bits per heavy atom. The van der Waals surface area contributed by atoms with E-state index in [-0.39, 0.29) is 5.56 Å². The van der Waals surface area contributed by atoms with Gasteiger partial charge in [0.1, 0.15) is 5.75 Å². The van der Waals surface area contributed by atoms with Gasteiger partial charge < -0.3 is 4.74 Å². The molecule has 0 aromatic heterocycles. The first kappa shape index (κ1) is 14.1. The Morgan fingerprint density at radius 3 is 2.40 bits per heavy atom. The first-order valence-corrected chi connectivity index (χ1v) is 5.77. The van der Waals surface area contributed by atoms with Crippen LogP contribution in [0.15, 0.2) is 42.5 Å². The van der Waals surface area contributed by atoms with E-state index in [1.165, 1.54) is 25.3 Å². The van der Waals surface area contributed by atoms with Crippen molar-refractivity contribution in [2.24, 2.45) is 0 Å². The maximum Gasteiger partial charge on any atom is 0.416 e. The fourth-order valence-corrected chi connectivity index (χ4v) is 1.98. The molecular weight excluding hydrogens is 269 g/mol. The van der Waals surface area contributed by atoms with E-state index in [1.807, 2.05) is 0 Å². The highest BCUT2D eigenvalue weighted by atomic mass is 19.4. The molecule has 2 aromatic carbocycles. The summed E-state index contributed by atoms with van der Waals surface area (Å²) in [5, 5.41) is 0. The summed E-state index contributed by atoms with van der Waals surface area (Å²) in [4.78, 5) is 11.1. The molecular formula is C15H11F3O2. The molecule has 0 fully saturated rings. The Kier molecular flexibility index (Phi) is 3.79. The molecule has 2 rings (SSSR count). The highest BCUT2D eigenvalue weighted by Crippen LogP contribution is 2.36. The van der Waals surface area contributed by atoms with Gasteiger partial charge in [0, 0.05) is 11.1 Å². The third-order valence-electron chi connectivity index (χ3n) is 2.88. The summed E-state index contributed by atoms with van der Waals surface area (Å²) in [7, 11) is 1.40. The van der Waals surface area contributed by atoms with Crippen LogP contribution in [0.25, 0.3) is 11.1 Å². The van der Waals surface area contributed by atoms with Crippen molar-refractivity contribution >= 4 is 6.29 Å². The maximum absolute atomic E-state index is 12.7. The number of ether oxygens (including phenoxy) is 1. The molecule has 0 bridgehead atoms. The minimum Gasteiger partial charge on any atom is -0.496 e. The second-order valence-electron chi connectivity index (χ2n) is 4.12. The monoisotopic (exact) mass is 280 g/mol.